The zero-order valence-corrected chi connectivity index (χ0v) is 14.8. The zero-order chi connectivity index (χ0) is 18.5. The summed E-state index contributed by atoms with van der Waals surface area (Å²) in [5, 5.41) is 3.34. The van der Waals surface area contributed by atoms with Gasteiger partial charge in [-0.2, -0.15) is 0 Å². The van der Waals surface area contributed by atoms with Gasteiger partial charge < -0.3 is 14.5 Å². The number of esters is 1. The van der Waals surface area contributed by atoms with Crippen LogP contribution in [0.25, 0.3) is 11.0 Å². The van der Waals surface area contributed by atoms with Gasteiger partial charge in [0.15, 0.2) is 11.5 Å². The second kappa shape index (κ2) is 8.17. The Morgan fingerprint density at radius 3 is 2.58 bits per heavy atom. The lowest BCUT2D eigenvalue weighted by molar-refractivity contribution is -0.130. The summed E-state index contributed by atoms with van der Waals surface area (Å²) in [5.41, 5.74) is -0.0168. The van der Waals surface area contributed by atoms with E-state index in [9.17, 15) is 14.4 Å². The third-order valence-electron chi connectivity index (χ3n) is 4.69. The topological polar surface area (TPSA) is 85.6 Å². The van der Waals surface area contributed by atoms with Gasteiger partial charge in [0.25, 0.3) is 5.91 Å². The van der Waals surface area contributed by atoms with Gasteiger partial charge in [0.2, 0.25) is 5.76 Å². The van der Waals surface area contributed by atoms with Crippen LogP contribution in [0.4, 0.5) is 0 Å². The minimum Gasteiger partial charge on any atom is -0.449 e. The summed E-state index contributed by atoms with van der Waals surface area (Å²) in [6.45, 7) is 1.52. The summed E-state index contributed by atoms with van der Waals surface area (Å²) in [7, 11) is 0. The number of carbonyl (C=O) groups excluding carboxylic acids is 2. The number of hydrogen-bond acceptors (Lipinski definition) is 5. The maximum atomic E-state index is 12.3. The van der Waals surface area contributed by atoms with Crippen molar-refractivity contribution >= 4 is 22.8 Å². The third-order valence-corrected chi connectivity index (χ3v) is 4.69. The van der Waals surface area contributed by atoms with Crippen LogP contribution < -0.4 is 10.7 Å². The molecule has 0 saturated heterocycles. The molecule has 0 bridgehead atoms. The van der Waals surface area contributed by atoms with Crippen molar-refractivity contribution in [3.05, 3.63) is 46.3 Å². The zero-order valence-electron chi connectivity index (χ0n) is 14.8. The Morgan fingerprint density at radius 2 is 1.85 bits per heavy atom. The predicted octanol–water partition coefficient (Wildman–Crippen LogP) is 3.18. The van der Waals surface area contributed by atoms with E-state index in [2.05, 4.69) is 5.32 Å². The van der Waals surface area contributed by atoms with Crippen LogP contribution in [0.1, 0.15) is 56.0 Å². The number of ether oxygens (including phenoxy) is 1. The van der Waals surface area contributed by atoms with Crippen LogP contribution in [0.5, 0.6) is 0 Å². The molecule has 1 saturated carbocycles. The SMILES string of the molecule is CC(OC(=O)c1cc(=O)c2ccccc2o1)C(=O)NC1CCCCCC1. The second-order valence-corrected chi connectivity index (χ2v) is 6.72. The first kappa shape index (κ1) is 18.2. The number of benzene rings is 1. The molecule has 0 aliphatic heterocycles. The van der Waals surface area contributed by atoms with Crippen LogP contribution in [-0.4, -0.2) is 24.0 Å². The molecule has 1 atom stereocenters. The Hall–Kier alpha value is -2.63. The lowest BCUT2D eigenvalue weighted by Gasteiger charge is -2.19. The molecule has 6 heteroatoms. The van der Waals surface area contributed by atoms with E-state index in [0.717, 1.165) is 31.7 Å². The number of nitrogens with one attached hydrogen (secondary N) is 1. The van der Waals surface area contributed by atoms with Gasteiger partial charge in [0.05, 0.1) is 5.39 Å². The van der Waals surface area contributed by atoms with Crippen LogP contribution in [-0.2, 0) is 9.53 Å². The molecular weight excluding hydrogens is 334 g/mol. The molecule has 6 nitrogen and oxygen atoms in total. The van der Waals surface area contributed by atoms with E-state index in [0.29, 0.717) is 11.0 Å². The standard InChI is InChI=1S/C20H23NO5/c1-13(19(23)21-14-8-4-2-3-5-9-14)25-20(24)18-12-16(22)15-10-6-7-11-17(15)26-18/h6-7,10-14H,2-5,8-9H2,1H3,(H,21,23). The Labute approximate surface area is 151 Å². The summed E-state index contributed by atoms with van der Waals surface area (Å²) in [6.07, 6.45) is 5.53. The Kier molecular flexibility index (Phi) is 5.71. The number of para-hydroxylation sites is 1. The molecule has 3 rings (SSSR count). The molecule has 1 fully saturated rings. The van der Waals surface area contributed by atoms with E-state index in [1.54, 1.807) is 24.3 Å². The fraction of sp³-hybridized carbons (Fsp3) is 0.450. The Balaban J connectivity index is 1.65. The maximum absolute atomic E-state index is 12.3. The van der Waals surface area contributed by atoms with Gasteiger partial charge in [-0.15, -0.1) is 0 Å². The minimum atomic E-state index is -0.956. The average molecular weight is 357 g/mol. The highest BCUT2D eigenvalue weighted by Crippen LogP contribution is 2.18. The molecule has 1 aromatic heterocycles. The summed E-state index contributed by atoms with van der Waals surface area (Å²) >= 11 is 0. The van der Waals surface area contributed by atoms with E-state index >= 15 is 0 Å². The molecule has 0 spiro atoms. The molecule has 1 amide bonds. The summed E-state index contributed by atoms with van der Waals surface area (Å²) < 4.78 is 10.6. The van der Waals surface area contributed by atoms with Gasteiger partial charge in [0.1, 0.15) is 5.58 Å². The number of rotatable bonds is 4. The highest BCUT2D eigenvalue weighted by molar-refractivity contribution is 5.91. The maximum Gasteiger partial charge on any atom is 0.375 e. The molecule has 1 aliphatic rings. The van der Waals surface area contributed by atoms with Gasteiger partial charge in [-0.25, -0.2) is 4.79 Å². The van der Waals surface area contributed by atoms with Gasteiger partial charge in [-0.1, -0.05) is 37.8 Å². The van der Waals surface area contributed by atoms with Gasteiger partial charge in [0, 0.05) is 12.1 Å². The lowest BCUT2D eigenvalue weighted by atomic mass is 10.1. The number of carbonyl (C=O) groups is 2. The van der Waals surface area contributed by atoms with Crippen molar-refractivity contribution < 1.29 is 18.7 Å². The second-order valence-electron chi connectivity index (χ2n) is 6.72. The molecule has 2 aromatic rings. The third kappa shape index (κ3) is 4.31. The quantitative estimate of drug-likeness (QED) is 0.671. The first-order chi connectivity index (χ1) is 12.5. The van der Waals surface area contributed by atoms with Crippen LogP contribution in [0.2, 0.25) is 0 Å². The summed E-state index contributed by atoms with van der Waals surface area (Å²) in [6, 6.07) is 7.89. The van der Waals surface area contributed by atoms with E-state index < -0.39 is 12.1 Å². The number of amides is 1. The van der Waals surface area contributed by atoms with Crippen LogP contribution in [0.15, 0.2) is 39.5 Å². The molecule has 1 aliphatic carbocycles. The lowest BCUT2D eigenvalue weighted by Crippen LogP contribution is -2.41. The summed E-state index contributed by atoms with van der Waals surface area (Å²) in [4.78, 5) is 36.6. The minimum absolute atomic E-state index is 0.129. The highest BCUT2D eigenvalue weighted by Gasteiger charge is 2.24. The Bertz CT molecular complexity index is 849. The van der Waals surface area contributed by atoms with Crippen LogP contribution in [0.3, 0.4) is 0 Å². The average Bonchev–Trinajstić information content (AvgIpc) is 2.90. The van der Waals surface area contributed by atoms with E-state index in [1.165, 1.54) is 19.8 Å². The first-order valence-electron chi connectivity index (χ1n) is 9.09. The van der Waals surface area contributed by atoms with Crippen molar-refractivity contribution in [3.63, 3.8) is 0 Å². The largest absolute Gasteiger partial charge is 0.449 e. The monoisotopic (exact) mass is 357 g/mol. The molecule has 1 N–H and O–H groups in total. The fourth-order valence-electron chi connectivity index (χ4n) is 3.22. The van der Waals surface area contributed by atoms with Crippen molar-refractivity contribution in [2.75, 3.05) is 0 Å². The fourth-order valence-corrected chi connectivity index (χ4v) is 3.22. The summed E-state index contributed by atoms with van der Waals surface area (Å²) in [5.74, 6) is -1.35. The molecule has 0 radical (unpaired) electrons. The predicted molar refractivity (Wildman–Crippen MR) is 97.0 cm³/mol. The first-order valence-corrected chi connectivity index (χ1v) is 9.09. The molecule has 1 unspecified atom stereocenters. The van der Waals surface area contributed by atoms with Crippen molar-refractivity contribution in [1.82, 2.24) is 5.32 Å². The molecular formula is C20H23NO5. The van der Waals surface area contributed by atoms with E-state index in [-0.39, 0.29) is 23.1 Å². The van der Waals surface area contributed by atoms with Crippen LogP contribution >= 0.6 is 0 Å². The Morgan fingerprint density at radius 1 is 1.15 bits per heavy atom. The molecule has 26 heavy (non-hydrogen) atoms. The smallest absolute Gasteiger partial charge is 0.375 e. The van der Waals surface area contributed by atoms with Crippen LogP contribution in [0, 0.1) is 0 Å². The normalized spacial score (nSPS) is 16.7. The van der Waals surface area contributed by atoms with Crippen molar-refractivity contribution in [1.29, 1.82) is 0 Å². The van der Waals surface area contributed by atoms with Gasteiger partial charge >= 0.3 is 5.97 Å². The van der Waals surface area contributed by atoms with E-state index in [1.807, 2.05) is 0 Å². The molecule has 138 valence electrons. The molecule has 1 heterocycles. The van der Waals surface area contributed by atoms with Gasteiger partial charge in [-0.3, -0.25) is 9.59 Å². The van der Waals surface area contributed by atoms with Crippen molar-refractivity contribution in [2.24, 2.45) is 0 Å². The van der Waals surface area contributed by atoms with E-state index in [4.69, 9.17) is 9.15 Å². The molecule has 1 aromatic carbocycles. The highest BCUT2D eigenvalue weighted by atomic mass is 16.6. The van der Waals surface area contributed by atoms with Gasteiger partial charge in [-0.05, 0) is 31.9 Å². The number of fused-ring (bicyclic) bond motifs is 1. The van der Waals surface area contributed by atoms with Crippen molar-refractivity contribution in [3.8, 4) is 0 Å². The van der Waals surface area contributed by atoms with Crippen molar-refractivity contribution in [2.45, 2.75) is 57.6 Å². The number of hydrogen-bond donors (Lipinski definition) is 1.